The fraction of sp³-hybridized carbons (Fsp3) is 0.576. The van der Waals surface area contributed by atoms with Crippen LogP contribution in [0.3, 0.4) is 0 Å². The Labute approximate surface area is 282 Å². The Morgan fingerprint density at radius 1 is 0.653 bits per heavy atom. The van der Waals surface area contributed by atoms with Crippen LogP contribution in [0.2, 0.25) is 0 Å². The Morgan fingerprint density at radius 2 is 1.06 bits per heavy atom. The third-order valence-electron chi connectivity index (χ3n) is 8.45. The molecule has 4 rings (SSSR count). The quantitative estimate of drug-likeness (QED) is 0.142. The summed E-state index contributed by atoms with van der Waals surface area (Å²) in [7, 11) is 1.45. The number of phenols is 1. The van der Waals surface area contributed by atoms with Crippen LogP contribution in [0, 0.1) is 11.8 Å². The number of aliphatic hydroxyl groups is 6. The van der Waals surface area contributed by atoms with Crippen molar-refractivity contribution in [3.8, 4) is 23.0 Å². The van der Waals surface area contributed by atoms with Gasteiger partial charge in [0.1, 0.15) is 36.6 Å². The van der Waals surface area contributed by atoms with Crippen molar-refractivity contribution in [2.45, 2.75) is 102 Å². The SMILES string of the molecule is CC.COc1ccc(C[C@@H](C)[C@@H](C)Cc2ccc(O[C@@H]3O[C@H](C(=O)O)[C@@H](O)[C@H](O)[C@H]3O)c(OC3O[C@H](C(=O)O)[C@@H](O)[C@H](O)[C@H]3O)c2)cc1O. The number of benzene rings is 2. The predicted octanol–water partition coefficient (Wildman–Crippen LogP) is 0.0264. The van der Waals surface area contributed by atoms with Gasteiger partial charge in [-0.3, -0.25) is 0 Å². The summed E-state index contributed by atoms with van der Waals surface area (Å²) >= 11 is 0. The standard InChI is InChI=1S/C31H40O16.C2H6/c1-12(8-14-4-6-17(43-3)16(32)10-14)13(2)9-15-5-7-18(44-30-24(37)20(33)22(35)26(46-30)28(39)40)19(11-15)45-31-25(38)21(34)23(36)27(47-31)29(41)42;1-2/h4-7,10-13,20-27,30-38H,8-9H2,1-3H3,(H,39,40)(H,41,42);1-2H3/t12-,13+,20+,21+,22+,23+,24-,25-,26+,27+,30-,31?;/m1./s1. The van der Waals surface area contributed by atoms with Gasteiger partial charge in [-0.05, 0) is 60.1 Å². The number of hydrogen-bond acceptors (Lipinski definition) is 14. The van der Waals surface area contributed by atoms with E-state index in [0.717, 1.165) is 5.56 Å². The van der Waals surface area contributed by atoms with Crippen LogP contribution < -0.4 is 14.2 Å². The second kappa shape index (κ2) is 17.3. The highest BCUT2D eigenvalue weighted by molar-refractivity contribution is 5.74. The zero-order chi connectivity index (χ0) is 36.7. The van der Waals surface area contributed by atoms with Crippen molar-refractivity contribution >= 4 is 11.9 Å². The van der Waals surface area contributed by atoms with Gasteiger partial charge < -0.3 is 69.6 Å². The summed E-state index contributed by atoms with van der Waals surface area (Å²) < 4.78 is 27.0. The number of aliphatic hydroxyl groups excluding tert-OH is 6. The summed E-state index contributed by atoms with van der Waals surface area (Å²) in [5.41, 5.74) is 1.53. The summed E-state index contributed by atoms with van der Waals surface area (Å²) in [6, 6.07) is 9.58. The van der Waals surface area contributed by atoms with Crippen LogP contribution in [0.5, 0.6) is 23.0 Å². The second-order valence-electron chi connectivity index (χ2n) is 11.9. The first-order chi connectivity index (χ1) is 23.1. The first-order valence-corrected chi connectivity index (χ1v) is 15.8. The van der Waals surface area contributed by atoms with Crippen LogP contribution in [-0.4, -0.2) is 126 Å². The molecule has 0 radical (unpaired) electrons. The number of aliphatic carboxylic acids is 2. The van der Waals surface area contributed by atoms with E-state index in [1.807, 2.05) is 33.8 Å². The lowest BCUT2D eigenvalue weighted by molar-refractivity contribution is -0.276. The molecule has 2 aliphatic heterocycles. The maximum Gasteiger partial charge on any atom is 0.335 e. The molecule has 0 amide bonds. The van der Waals surface area contributed by atoms with Crippen LogP contribution in [-0.2, 0) is 31.9 Å². The molecule has 0 aliphatic carbocycles. The van der Waals surface area contributed by atoms with E-state index in [-0.39, 0.29) is 29.1 Å². The van der Waals surface area contributed by atoms with Gasteiger partial charge in [0.2, 0.25) is 12.6 Å². The van der Waals surface area contributed by atoms with Gasteiger partial charge in [-0.1, -0.05) is 39.8 Å². The van der Waals surface area contributed by atoms with Gasteiger partial charge in [-0.15, -0.1) is 0 Å². The van der Waals surface area contributed by atoms with Crippen LogP contribution in [0.15, 0.2) is 36.4 Å². The summed E-state index contributed by atoms with van der Waals surface area (Å²) in [6.07, 6.45) is -18.3. The molecule has 2 aliphatic rings. The minimum Gasteiger partial charge on any atom is -0.504 e. The fourth-order valence-corrected chi connectivity index (χ4v) is 5.43. The number of methoxy groups -OCH3 is 1. The average Bonchev–Trinajstić information content (AvgIpc) is 3.06. The molecule has 0 aromatic heterocycles. The molecule has 2 heterocycles. The molecule has 2 aromatic rings. The van der Waals surface area contributed by atoms with Gasteiger partial charge in [-0.25, -0.2) is 9.59 Å². The third-order valence-corrected chi connectivity index (χ3v) is 8.45. The minimum atomic E-state index is -1.98. The van der Waals surface area contributed by atoms with Crippen molar-refractivity contribution < 1.29 is 79.2 Å². The first kappa shape index (κ1) is 39.7. The van der Waals surface area contributed by atoms with Crippen molar-refractivity contribution in [3.63, 3.8) is 0 Å². The topological polar surface area (TPSA) is 262 Å². The monoisotopic (exact) mass is 698 g/mol. The molecule has 16 heteroatoms. The number of rotatable bonds is 12. The predicted molar refractivity (Wildman–Crippen MR) is 168 cm³/mol. The number of carboxylic acids is 2. The van der Waals surface area contributed by atoms with E-state index in [9.17, 15) is 55.5 Å². The number of hydrogen-bond donors (Lipinski definition) is 9. The van der Waals surface area contributed by atoms with Gasteiger partial charge in [0, 0.05) is 0 Å². The van der Waals surface area contributed by atoms with E-state index < -0.39 is 73.4 Å². The summed E-state index contributed by atoms with van der Waals surface area (Å²) in [5.74, 6) is -3.24. The molecule has 9 N–H and O–H groups in total. The third kappa shape index (κ3) is 9.29. The normalized spacial score (nSPS) is 31.0. The number of aromatic hydroxyl groups is 1. The highest BCUT2D eigenvalue weighted by Crippen LogP contribution is 2.36. The Hall–Kier alpha value is -3.74. The number of carboxylic acid groups (broad SMARTS) is 2. The van der Waals surface area contributed by atoms with Gasteiger partial charge in [-0.2, -0.15) is 0 Å². The van der Waals surface area contributed by atoms with E-state index in [1.165, 1.54) is 19.2 Å². The molecule has 2 aromatic carbocycles. The molecule has 16 nitrogen and oxygen atoms in total. The van der Waals surface area contributed by atoms with E-state index in [0.29, 0.717) is 24.2 Å². The van der Waals surface area contributed by atoms with Crippen LogP contribution in [0.4, 0.5) is 0 Å². The fourth-order valence-electron chi connectivity index (χ4n) is 5.43. The largest absolute Gasteiger partial charge is 0.504 e. The number of phenolic OH excluding ortho intramolecular Hbond substituents is 1. The lowest BCUT2D eigenvalue weighted by Gasteiger charge is -2.40. The van der Waals surface area contributed by atoms with Gasteiger partial charge in [0.15, 0.2) is 35.2 Å². The molecule has 2 fully saturated rings. The minimum absolute atomic E-state index is 0.0147. The van der Waals surface area contributed by atoms with E-state index in [1.54, 1.807) is 18.2 Å². The molecule has 2 saturated heterocycles. The molecule has 0 spiro atoms. The number of carbonyl (C=O) groups is 2. The lowest BCUT2D eigenvalue weighted by Crippen LogP contribution is -2.61. The van der Waals surface area contributed by atoms with Crippen LogP contribution >= 0.6 is 0 Å². The molecular weight excluding hydrogens is 652 g/mol. The average molecular weight is 699 g/mol. The maximum absolute atomic E-state index is 11.6. The summed E-state index contributed by atoms with van der Waals surface area (Å²) in [6.45, 7) is 8.01. The summed E-state index contributed by atoms with van der Waals surface area (Å²) in [4.78, 5) is 23.2. The second-order valence-corrected chi connectivity index (χ2v) is 11.9. The van der Waals surface area contributed by atoms with E-state index in [2.05, 4.69) is 0 Å². The maximum atomic E-state index is 11.6. The van der Waals surface area contributed by atoms with Crippen molar-refractivity contribution in [3.05, 3.63) is 47.5 Å². The van der Waals surface area contributed by atoms with E-state index >= 15 is 0 Å². The van der Waals surface area contributed by atoms with Crippen molar-refractivity contribution in [1.29, 1.82) is 0 Å². The zero-order valence-electron chi connectivity index (χ0n) is 27.7. The van der Waals surface area contributed by atoms with Gasteiger partial charge >= 0.3 is 11.9 Å². The van der Waals surface area contributed by atoms with Gasteiger partial charge in [0.05, 0.1) is 7.11 Å². The molecule has 0 bridgehead atoms. The lowest BCUT2D eigenvalue weighted by atomic mass is 9.85. The molecule has 1 unspecified atom stereocenters. The molecule has 274 valence electrons. The molecule has 49 heavy (non-hydrogen) atoms. The van der Waals surface area contributed by atoms with Crippen molar-refractivity contribution in [2.24, 2.45) is 11.8 Å². The number of ether oxygens (including phenoxy) is 5. The van der Waals surface area contributed by atoms with E-state index in [4.69, 9.17) is 23.7 Å². The van der Waals surface area contributed by atoms with Crippen LogP contribution in [0.25, 0.3) is 0 Å². The zero-order valence-corrected chi connectivity index (χ0v) is 27.7. The van der Waals surface area contributed by atoms with Crippen molar-refractivity contribution in [1.82, 2.24) is 0 Å². The van der Waals surface area contributed by atoms with Crippen molar-refractivity contribution in [2.75, 3.05) is 7.11 Å². The Bertz CT molecular complexity index is 1400. The smallest absolute Gasteiger partial charge is 0.335 e. The van der Waals surface area contributed by atoms with Crippen LogP contribution in [0.1, 0.15) is 38.8 Å². The highest BCUT2D eigenvalue weighted by atomic mass is 16.7. The molecule has 0 saturated carbocycles. The Balaban J connectivity index is 0.00000319. The summed E-state index contributed by atoms with van der Waals surface area (Å²) in [5, 5.41) is 90.6. The molecular formula is C33H46O16. The van der Waals surface area contributed by atoms with Gasteiger partial charge in [0.25, 0.3) is 0 Å². The Kier molecular flexibility index (Phi) is 14.0. The first-order valence-electron chi connectivity index (χ1n) is 15.8. The Morgan fingerprint density at radius 3 is 1.47 bits per heavy atom. The highest BCUT2D eigenvalue weighted by Gasteiger charge is 2.50. The molecule has 12 atom stereocenters.